The maximum Gasteiger partial charge on any atom is 0.253 e. The Hall–Kier alpha value is -2.30. The predicted octanol–water partition coefficient (Wildman–Crippen LogP) is 1.65. The number of hydrogen-bond donors (Lipinski definition) is 3. The Morgan fingerprint density at radius 2 is 1.95 bits per heavy atom. The van der Waals surface area contributed by atoms with Gasteiger partial charge in [-0.3, -0.25) is 9.59 Å². The topological polar surface area (TPSA) is 74.0 Å². The zero-order chi connectivity index (χ0) is 14.7. The molecule has 0 atom stereocenters. The first-order valence-corrected chi connectivity index (χ1v) is 6.67. The monoisotopic (exact) mass is 273 g/mol. The first kappa shape index (κ1) is 14.1. The van der Waals surface area contributed by atoms with Crippen LogP contribution in [0.5, 0.6) is 0 Å². The first-order valence-electron chi connectivity index (χ1n) is 6.67. The Kier molecular flexibility index (Phi) is 4.08. The molecule has 0 aliphatic carbocycles. The maximum absolute atomic E-state index is 12.2. The van der Waals surface area contributed by atoms with Gasteiger partial charge in [-0.1, -0.05) is 12.1 Å². The molecule has 3 N–H and O–H groups in total. The molecular weight excluding hydrogens is 254 g/mol. The van der Waals surface area contributed by atoms with E-state index in [0.29, 0.717) is 12.1 Å². The van der Waals surface area contributed by atoms with Crippen molar-refractivity contribution in [1.29, 1.82) is 0 Å². The molecule has 2 aromatic rings. The van der Waals surface area contributed by atoms with Crippen LogP contribution in [0.3, 0.4) is 0 Å². The van der Waals surface area contributed by atoms with Crippen LogP contribution < -0.4 is 10.6 Å². The molecule has 0 aliphatic rings. The lowest BCUT2D eigenvalue weighted by Gasteiger charge is -2.06. The van der Waals surface area contributed by atoms with Gasteiger partial charge in [-0.2, -0.15) is 0 Å². The maximum atomic E-state index is 12.2. The smallest absolute Gasteiger partial charge is 0.253 e. The Labute approximate surface area is 117 Å². The largest absolute Gasteiger partial charge is 0.358 e. The molecule has 0 radical (unpaired) electrons. The minimum Gasteiger partial charge on any atom is -0.358 e. The van der Waals surface area contributed by atoms with Crippen molar-refractivity contribution in [2.75, 3.05) is 13.1 Å². The number of H-pyrrole nitrogens is 1. The third-order valence-electron chi connectivity index (χ3n) is 3.37. The molecule has 2 rings (SSSR count). The molecule has 5 heteroatoms. The summed E-state index contributed by atoms with van der Waals surface area (Å²) in [6.07, 6.45) is 0. The molecule has 5 nitrogen and oxygen atoms in total. The van der Waals surface area contributed by atoms with Crippen LogP contribution in [0.1, 0.15) is 28.5 Å². The number of para-hydroxylation sites is 1. The van der Waals surface area contributed by atoms with Gasteiger partial charge in [0.25, 0.3) is 5.91 Å². The van der Waals surface area contributed by atoms with Crippen LogP contribution >= 0.6 is 0 Å². The minimum atomic E-state index is -0.247. The zero-order valence-corrected chi connectivity index (χ0v) is 12.0. The van der Waals surface area contributed by atoms with Gasteiger partial charge in [0.15, 0.2) is 0 Å². The lowest BCUT2D eigenvalue weighted by molar-refractivity contribution is -0.120. The number of amides is 2. The van der Waals surface area contributed by atoms with Crippen LogP contribution in [0.15, 0.2) is 18.2 Å². The summed E-state index contributed by atoms with van der Waals surface area (Å²) < 4.78 is 0. The number of hydrogen-bond acceptors (Lipinski definition) is 2. The molecule has 0 saturated carbocycles. The summed E-state index contributed by atoms with van der Waals surface area (Å²) in [4.78, 5) is 26.8. The second-order valence-corrected chi connectivity index (χ2v) is 4.74. The summed E-state index contributed by atoms with van der Waals surface area (Å²) in [5.74, 6) is -0.435. The van der Waals surface area contributed by atoms with Crippen molar-refractivity contribution >= 4 is 22.7 Å². The number of aromatic nitrogens is 1. The van der Waals surface area contributed by atoms with E-state index in [9.17, 15) is 9.59 Å². The molecule has 106 valence electrons. The van der Waals surface area contributed by atoms with Crippen molar-refractivity contribution in [3.05, 3.63) is 35.0 Å². The summed E-state index contributed by atoms with van der Waals surface area (Å²) in [6.45, 7) is 6.38. The molecule has 0 fully saturated rings. The average molecular weight is 273 g/mol. The molecule has 1 heterocycles. The van der Waals surface area contributed by atoms with Crippen LogP contribution in [-0.4, -0.2) is 29.9 Å². The highest BCUT2D eigenvalue weighted by atomic mass is 16.2. The highest BCUT2D eigenvalue weighted by Crippen LogP contribution is 2.23. The molecule has 20 heavy (non-hydrogen) atoms. The fourth-order valence-electron chi connectivity index (χ4n) is 2.19. The molecular formula is C15H19N3O2. The van der Waals surface area contributed by atoms with Crippen molar-refractivity contribution in [3.8, 4) is 0 Å². The van der Waals surface area contributed by atoms with Crippen molar-refractivity contribution in [1.82, 2.24) is 15.6 Å². The summed E-state index contributed by atoms with van der Waals surface area (Å²) in [5.41, 5.74) is 3.56. The highest BCUT2D eigenvalue weighted by molar-refractivity contribution is 6.07. The summed E-state index contributed by atoms with van der Waals surface area (Å²) >= 11 is 0. The van der Waals surface area contributed by atoms with Crippen LogP contribution in [0.25, 0.3) is 10.9 Å². The van der Waals surface area contributed by atoms with Crippen molar-refractivity contribution in [2.24, 2.45) is 0 Å². The quantitative estimate of drug-likeness (QED) is 0.792. The van der Waals surface area contributed by atoms with Gasteiger partial charge in [0.05, 0.1) is 17.6 Å². The number of carbonyl (C=O) groups excluding carboxylic acids is 2. The van der Waals surface area contributed by atoms with Gasteiger partial charge >= 0.3 is 0 Å². The van der Waals surface area contributed by atoms with E-state index in [2.05, 4.69) is 15.6 Å². The Morgan fingerprint density at radius 3 is 2.65 bits per heavy atom. The number of likely N-dealkylation sites (N-methyl/N-ethyl adjacent to an activating group) is 1. The summed E-state index contributed by atoms with van der Waals surface area (Å²) in [7, 11) is 0. The van der Waals surface area contributed by atoms with E-state index in [-0.39, 0.29) is 18.4 Å². The van der Waals surface area contributed by atoms with Crippen LogP contribution in [-0.2, 0) is 4.79 Å². The van der Waals surface area contributed by atoms with Gasteiger partial charge in [-0.15, -0.1) is 0 Å². The molecule has 0 aliphatic heterocycles. The predicted molar refractivity (Wildman–Crippen MR) is 78.8 cm³/mol. The fourth-order valence-corrected chi connectivity index (χ4v) is 2.19. The van der Waals surface area contributed by atoms with Gasteiger partial charge in [0, 0.05) is 17.6 Å². The van der Waals surface area contributed by atoms with Gasteiger partial charge in [-0.05, 0) is 32.4 Å². The number of aromatic amines is 1. The molecule has 1 aromatic heterocycles. The van der Waals surface area contributed by atoms with Gasteiger partial charge < -0.3 is 15.6 Å². The van der Waals surface area contributed by atoms with E-state index >= 15 is 0 Å². The van der Waals surface area contributed by atoms with E-state index in [0.717, 1.165) is 22.2 Å². The van der Waals surface area contributed by atoms with Crippen molar-refractivity contribution in [2.45, 2.75) is 20.8 Å². The lowest BCUT2D eigenvalue weighted by Crippen LogP contribution is -2.36. The third-order valence-corrected chi connectivity index (χ3v) is 3.37. The average Bonchev–Trinajstić information content (AvgIpc) is 2.72. The van der Waals surface area contributed by atoms with E-state index in [1.165, 1.54) is 0 Å². The van der Waals surface area contributed by atoms with E-state index < -0.39 is 0 Å². The van der Waals surface area contributed by atoms with Gasteiger partial charge in [0.1, 0.15) is 0 Å². The number of benzene rings is 1. The molecule has 0 unspecified atom stereocenters. The molecule has 0 saturated heterocycles. The SMILES string of the molecule is CCNC(=O)CNC(=O)c1cccc2c(C)c(C)[nH]c12. The van der Waals surface area contributed by atoms with E-state index in [1.807, 2.05) is 32.9 Å². The zero-order valence-electron chi connectivity index (χ0n) is 12.0. The van der Waals surface area contributed by atoms with Crippen molar-refractivity contribution in [3.63, 3.8) is 0 Å². The number of nitrogens with one attached hydrogen (secondary N) is 3. The number of rotatable bonds is 4. The molecule has 2 amide bonds. The van der Waals surface area contributed by atoms with Gasteiger partial charge in [-0.25, -0.2) is 0 Å². The highest BCUT2D eigenvalue weighted by Gasteiger charge is 2.14. The number of aryl methyl sites for hydroxylation is 2. The van der Waals surface area contributed by atoms with Crippen molar-refractivity contribution < 1.29 is 9.59 Å². The second-order valence-electron chi connectivity index (χ2n) is 4.74. The summed E-state index contributed by atoms with van der Waals surface area (Å²) in [6, 6.07) is 5.59. The second kappa shape index (κ2) is 5.77. The van der Waals surface area contributed by atoms with Crippen LogP contribution in [0, 0.1) is 13.8 Å². The van der Waals surface area contributed by atoms with Crippen LogP contribution in [0.4, 0.5) is 0 Å². The Morgan fingerprint density at radius 1 is 1.20 bits per heavy atom. The minimum absolute atomic E-state index is 0.0122. The Balaban J connectivity index is 2.22. The normalized spacial score (nSPS) is 10.6. The summed E-state index contributed by atoms with van der Waals surface area (Å²) in [5, 5.41) is 6.31. The Bertz CT molecular complexity index is 658. The fraction of sp³-hybridized carbons (Fsp3) is 0.333. The number of fused-ring (bicyclic) bond motifs is 1. The standard InChI is InChI=1S/C15H19N3O2/c1-4-16-13(19)8-17-15(20)12-7-5-6-11-9(2)10(3)18-14(11)12/h5-7,18H,4,8H2,1-3H3,(H,16,19)(H,17,20). The molecule has 1 aromatic carbocycles. The lowest BCUT2D eigenvalue weighted by atomic mass is 10.1. The van der Waals surface area contributed by atoms with Gasteiger partial charge in [0.2, 0.25) is 5.91 Å². The van der Waals surface area contributed by atoms with Crippen LogP contribution in [0.2, 0.25) is 0 Å². The molecule has 0 bridgehead atoms. The first-order chi connectivity index (χ1) is 9.54. The third kappa shape index (κ3) is 2.66. The van der Waals surface area contributed by atoms with E-state index in [4.69, 9.17) is 0 Å². The molecule has 0 spiro atoms. The van der Waals surface area contributed by atoms with E-state index in [1.54, 1.807) is 6.07 Å². The number of carbonyl (C=O) groups is 2.